The van der Waals surface area contributed by atoms with Crippen LogP contribution < -0.4 is 5.32 Å². The Kier molecular flexibility index (Phi) is 2.96. The van der Waals surface area contributed by atoms with Gasteiger partial charge in [0.25, 0.3) is 0 Å². The van der Waals surface area contributed by atoms with Crippen LogP contribution in [0.15, 0.2) is 18.5 Å². The van der Waals surface area contributed by atoms with Crippen LogP contribution in [0.5, 0.6) is 0 Å². The molecule has 0 aliphatic carbocycles. The number of H-pyrrole nitrogens is 1. The number of pyridine rings is 1. The maximum Gasteiger partial charge on any atom is 0.139 e. The highest BCUT2D eigenvalue weighted by Crippen LogP contribution is 2.33. The average Bonchev–Trinajstić information content (AvgIpc) is 3.11. The summed E-state index contributed by atoms with van der Waals surface area (Å²) in [5.41, 5.74) is 3.22. The van der Waals surface area contributed by atoms with Gasteiger partial charge in [-0.05, 0) is 32.0 Å². The van der Waals surface area contributed by atoms with E-state index in [1.54, 1.807) is 0 Å². The van der Waals surface area contributed by atoms with E-state index in [4.69, 9.17) is 4.98 Å². The van der Waals surface area contributed by atoms with Crippen molar-refractivity contribution in [3.63, 3.8) is 0 Å². The lowest BCUT2D eigenvalue weighted by Gasteiger charge is -2.27. The quantitative estimate of drug-likeness (QED) is 0.760. The molecule has 5 nitrogen and oxygen atoms in total. The average molecular weight is 283 g/mol. The molecule has 110 valence electrons. The van der Waals surface area contributed by atoms with E-state index >= 15 is 0 Å². The summed E-state index contributed by atoms with van der Waals surface area (Å²) in [5.74, 6) is 1.61. The molecule has 0 spiro atoms. The zero-order valence-electron chi connectivity index (χ0n) is 12.6. The van der Waals surface area contributed by atoms with E-state index in [0.29, 0.717) is 12.0 Å². The molecule has 0 saturated carbocycles. The molecule has 0 unspecified atom stereocenters. The lowest BCUT2D eigenvalue weighted by Crippen LogP contribution is -2.30. The van der Waals surface area contributed by atoms with Gasteiger partial charge in [0.2, 0.25) is 0 Å². The van der Waals surface area contributed by atoms with Crippen molar-refractivity contribution in [2.75, 3.05) is 13.1 Å². The van der Waals surface area contributed by atoms with E-state index in [-0.39, 0.29) is 0 Å². The second-order valence-corrected chi connectivity index (χ2v) is 6.21. The van der Waals surface area contributed by atoms with Crippen molar-refractivity contribution in [1.29, 1.82) is 0 Å². The number of rotatable bonds is 2. The molecule has 0 bridgehead atoms. The fourth-order valence-electron chi connectivity index (χ4n) is 3.45. The Morgan fingerprint density at radius 1 is 1.29 bits per heavy atom. The second-order valence-electron chi connectivity index (χ2n) is 6.21. The first-order chi connectivity index (χ1) is 10.3. The Morgan fingerprint density at radius 2 is 2.10 bits per heavy atom. The summed E-state index contributed by atoms with van der Waals surface area (Å²) < 4.78 is 2.48. The molecule has 5 heteroatoms. The maximum atomic E-state index is 4.88. The fourth-order valence-corrected chi connectivity index (χ4v) is 3.45. The Balaban J connectivity index is 2.03. The highest BCUT2D eigenvalue weighted by Gasteiger charge is 2.24. The van der Waals surface area contributed by atoms with E-state index in [0.717, 1.165) is 24.3 Å². The largest absolute Gasteiger partial charge is 0.346 e. The maximum absolute atomic E-state index is 4.88. The van der Waals surface area contributed by atoms with Crippen LogP contribution in [0, 0.1) is 0 Å². The fraction of sp³-hybridized carbons (Fsp3) is 0.500. The predicted octanol–water partition coefficient (Wildman–Crippen LogP) is 2.96. The van der Waals surface area contributed by atoms with Crippen LogP contribution >= 0.6 is 0 Å². The summed E-state index contributed by atoms with van der Waals surface area (Å²) in [6.45, 7) is 6.62. The summed E-state index contributed by atoms with van der Waals surface area (Å²) >= 11 is 0. The highest BCUT2D eigenvalue weighted by atomic mass is 15.1. The first kappa shape index (κ1) is 12.8. The number of fused-ring (bicyclic) bond motifs is 3. The van der Waals surface area contributed by atoms with Crippen LogP contribution in [0.3, 0.4) is 0 Å². The minimum atomic E-state index is 0.418. The van der Waals surface area contributed by atoms with Gasteiger partial charge >= 0.3 is 0 Å². The Morgan fingerprint density at radius 3 is 2.86 bits per heavy atom. The van der Waals surface area contributed by atoms with Gasteiger partial charge in [0.1, 0.15) is 17.0 Å². The summed E-state index contributed by atoms with van der Waals surface area (Å²) in [4.78, 5) is 12.6. The Labute approximate surface area is 123 Å². The summed E-state index contributed by atoms with van der Waals surface area (Å²) in [6.07, 6.45) is 6.20. The van der Waals surface area contributed by atoms with Crippen molar-refractivity contribution in [1.82, 2.24) is 24.8 Å². The molecule has 3 aromatic heterocycles. The SMILES string of the molecule is CC(C)c1nc2cnc3[nH]ccc3c2n1C1CCNCC1. The molecule has 3 aromatic rings. The minimum absolute atomic E-state index is 0.418. The molecule has 4 rings (SSSR count). The van der Waals surface area contributed by atoms with Gasteiger partial charge in [-0.1, -0.05) is 13.8 Å². The van der Waals surface area contributed by atoms with E-state index in [9.17, 15) is 0 Å². The van der Waals surface area contributed by atoms with E-state index < -0.39 is 0 Å². The van der Waals surface area contributed by atoms with Gasteiger partial charge in [0.15, 0.2) is 0 Å². The molecule has 2 N–H and O–H groups in total. The number of nitrogens with one attached hydrogen (secondary N) is 2. The normalized spacial score (nSPS) is 17.3. The number of imidazole rings is 1. The smallest absolute Gasteiger partial charge is 0.139 e. The number of piperidine rings is 1. The molecule has 1 aliphatic rings. The Bertz CT molecular complexity index is 777. The van der Waals surface area contributed by atoms with Crippen molar-refractivity contribution in [3.05, 3.63) is 24.3 Å². The number of aromatic amines is 1. The molecule has 0 atom stereocenters. The minimum Gasteiger partial charge on any atom is -0.346 e. The molecule has 0 amide bonds. The van der Waals surface area contributed by atoms with Crippen molar-refractivity contribution in [3.8, 4) is 0 Å². The van der Waals surface area contributed by atoms with Crippen molar-refractivity contribution in [2.24, 2.45) is 0 Å². The zero-order valence-corrected chi connectivity index (χ0v) is 12.6. The van der Waals surface area contributed by atoms with Crippen molar-refractivity contribution >= 4 is 22.1 Å². The topological polar surface area (TPSA) is 58.5 Å². The Hall–Kier alpha value is -1.88. The van der Waals surface area contributed by atoms with Gasteiger partial charge in [0, 0.05) is 23.5 Å². The summed E-state index contributed by atoms with van der Waals surface area (Å²) in [7, 11) is 0. The van der Waals surface area contributed by atoms with E-state index in [1.165, 1.54) is 29.6 Å². The first-order valence-electron chi connectivity index (χ1n) is 7.80. The molecule has 0 aromatic carbocycles. The molecular formula is C16H21N5. The molecule has 1 aliphatic heterocycles. The second kappa shape index (κ2) is 4.84. The van der Waals surface area contributed by atoms with Gasteiger partial charge in [-0.15, -0.1) is 0 Å². The summed E-state index contributed by atoms with van der Waals surface area (Å²) in [5, 5.41) is 4.64. The van der Waals surface area contributed by atoms with Crippen LogP contribution in [0.25, 0.3) is 22.1 Å². The van der Waals surface area contributed by atoms with Gasteiger partial charge in [0.05, 0.1) is 11.7 Å². The number of nitrogens with zero attached hydrogens (tertiary/aromatic N) is 3. The van der Waals surface area contributed by atoms with Gasteiger partial charge in [-0.3, -0.25) is 0 Å². The monoisotopic (exact) mass is 283 g/mol. The predicted molar refractivity (Wildman–Crippen MR) is 84.6 cm³/mol. The third kappa shape index (κ3) is 1.95. The lowest BCUT2D eigenvalue weighted by molar-refractivity contribution is 0.364. The number of hydrogen-bond acceptors (Lipinski definition) is 3. The number of aromatic nitrogens is 4. The number of hydrogen-bond donors (Lipinski definition) is 2. The third-order valence-corrected chi connectivity index (χ3v) is 4.45. The zero-order chi connectivity index (χ0) is 14.4. The molecule has 4 heterocycles. The van der Waals surface area contributed by atoms with Crippen LogP contribution in [0.2, 0.25) is 0 Å². The van der Waals surface area contributed by atoms with Crippen LogP contribution in [-0.4, -0.2) is 32.6 Å². The lowest BCUT2D eigenvalue weighted by atomic mass is 10.0. The third-order valence-electron chi connectivity index (χ3n) is 4.45. The standard InChI is InChI=1S/C16H21N5/c1-10(2)16-20-13-9-19-15-12(5-8-18-15)14(13)21(16)11-3-6-17-7-4-11/h5,8-11,17H,3-4,6-7H2,1-2H3,(H,18,19). The molecule has 0 radical (unpaired) electrons. The van der Waals surface area contributed by atoms with Gasteiger partial charge < -0.3 is 14.9 Å². The molecular weight excluding hydrogens is 262 g/mol. The van der Waals surface area contributed by atoms with Crippen molar-refractivity contribution < 1.29 is 0 Å². The van der Waals surface area contributed by atoms with Crippen LogP contribution in [0.4, 0.5) is 0 Å². The van der Waals surface area contributed by atoms with Crippen LogP contribution in [0.1, 0.15) is 44.5 Å². The molecule has 1 fully saturated rings. The molecule has 21 heavy (non-hydrogen) atoms. The van der Waals surface area contributed by atoms with Crippen molar-refractivity contribution in [2.45, 2.75) is 38.6 Å². The highest BCUT2D eigenvalue weighted by molar-refractivity contribution is 6.01. The molecule has 1 saturated heterocycles. The van der Waals surface area contributed by atoms with Gasteiger partial charge in [-0.25, -0.2) is 9.97 Å². The van der Waals surface area contributed by atoms with Gasteiger partial charge in [-0.2, -0.15) is 0 Å². The van der Waals surface area contributed by atoms with E-state index in [2.05, 4.69) is 39.8 Å². The van der Waals surface area contributed by atoms with Crippen LogP contribution in [-0.2, 0) is 0 Å². The first-order valence-corrected chi connectivity index (χ1v) is 7.80. The van der Waals surface area contributed by atoms with E-state index in [1.807, 2.05) is 12.4 Å². The summed E-state index contributed by atoms with van der Waals surface area (Å²) in [6, 6.07) is 2.66.